The Morgan fingerprint density at radius 3 is 2.56 bits per heavy atom. The molecule has 1 aliphatic heterocycles. The first kappa shape index (κ1) is 19.7. The maximum Gasteiger partial charge on any atom is 0.258 e. The lowest BCUT2D eigenvalue weighted by molar-refractivity contribution is -0.124. The van der Waals surface area contributed by atoms with Gasteiger partial charge in [-0.2, -0.15) is 0 Å². The van der Waals surface area contributed by atoms with Crippen molar-refractivity contribution in [3.63, 3.8) is 0 Å². The number of ether oxygens (including phenoxy) is 2. The van der Waals surface area contributed by atoms with Crippen molar-refractivity contribution in [2.45, 2.75) is 52.7 Å². The van der Waals surface area contributed by atoms with Gasteiger partial charge < -0.3 is 14.8 Å². The van der Waals surface area contributed by atoms with E-state index in [0.29, 0.717) is 12.2 Å². The summed E-state index contributed by atoms with van der Waals surface area (Å²) < 4.78 is 12.9. The van der Waals surface area contributed by atoms with Gasteiger partial charge in [-0.3, -0.25) is 4.79 Å². The van der Waals surface area contributed by atoms with E-state index < -0.39 is 0 Å². The molecule has 0 unspecified atom stereocenters. The average molecular weight is 432 g/mol. The van der Waals surface area contributed by atoms with Crippen molar-refractivity contribution in [2.75, 3.05) is 6.61 Å². The fraction of sp³-hybridized carbons (Fsp3) is 0.409. The van der Waals surface area contributed by atoms with Crippen molar-refractivity contribution in [1.82, 2.24) is 5.32 Å². The Morgan fingerprint density at radius 1 is 1.22 bits per heavy atom. The first-order valence-corrected chi connectivity index (χ1v) is 9.92. The van der Waals surface area contributed by atoms with Crippen LogP contribution in [0.5, 0.6) is 11.5 Å². The summed E-state index contributed by atoms with van der Waals surface area (Å²) >= 11 is 3.54. The van der Waals surface area contributed by atoms with E-state index in [4.69, 9.17) is 9.47 Å². The predicted octanol–water partition coefficient (Wildman–Crippen LogP) is 5.17. The number of nitrogens with one attached hydrogen (secondary N) is 1. The standard InChI is InChI=1S/C22H26BrNO3/c1-13-6-7-17-18(11-22(4,5)27-19(17)8-13)24-20(25)12-26-16-9-14(2)21(23)15(3)10-16/h6-10,18H,11-12H2,1-5H3,(H,24,25)/t18-/m0/s1. The normalized spacial score (nSPS) is 17.6. The van der Waals surface area contributed by atoms with Gasteiger partial charge in [0.15, 0.2) is 6.61 Å². The minimum absolute atomic E-state index is 0.0144. The summed E-state index contributed by atoms with van der Waals surface area (Å²) in [6, 6.07) is 9.88. The van der Waals surface area contributed by atoms with Gasteiger partial charge in [-0.1, -0.05) is 28.1 Å². The first-order chi connectivity index (χ1) is 12.6. The van der Waals surface area contributed by atoms with Gasteiger partial charge in [0.2, 0.25) is 0 Å². The van der Waals surface area contributed by atoms with Gasteiger partial charge in [-0.05, 0) is 69.5 Å². The molecule has 1 aliphatic rings. The number of aryl methyl sites for hydroxylation is 3. The lowest BCUT2D eigenvalue weighted by Gasteiger charge is -2.38. The molecule has 0 fully saturated rings. The zero-order valence-corrected chi connectivity index (χ0v) is 18.1. The van der Waals surface area contributed by atoms with Crippen molar-refractivity contribution in [1.29, 1.82) is 0 Å². The Balaban J connectivity index is 1.69. The van der Waals surface area contributed by atoms with E-state index in [0.717, 1.165) is 32.5 Å². The van der Waals surface area contributed by atoms with Crippen LogP contribution < -0.4 is 14.8 Å². The minimum atomic E-state index is -0.334. The van der Waals surface area contributed by atoms with E-state index in [1.54, 1.807) is 0 Å². The highest BCUT2D eigenvalue weighted by molar-refractivity contribution is 9.10. The highest BCUT2D eigenvalue weighted by Crippen LogP contribution is 2.39. The van der Waals surface area contributed by atoms with Crippen molar-refractivity contribution in [3.05, 3.63) is 57.1 Å². The van der Waals surface area contributed by atoms with E-state index in [2.05, 4.69) is 21.2 Å². The topological polar surface area (TPSA) is 47.6 Å². The van der Waals surface area contributed by atoms with Crippen LogP contribution in [-0.2, 0) is 4.79 Å². The molecule has 0 aliphatic carbocycles. The Kier molecular flexibility index (Phi) is 5.52. The highest BCUT2D eigenvalue weighted by atomic mass is 79.9. The molecule has 1 heterocycles. The van der Waals surface area contributed by atoms with Crippen LogP contribution in [0.4, 0.5) is 0 Å². The van der Waals surface area contributed by atoms with Gasteiger partial charge in [0.05, 0.1) is 6.04 Å². The van der Waals surface area contributed by atoms with Gasteiger partial charge in [0.1, 0.15) is 17.1 Å². The van der Waals surface area contributed by atoms with Crippen LogP contribution in [0.3, 0.4) is 0 Å². The maximum atomic E-state index is 12.5. The van der Waals surface area contributed by atoms with E-state index in [1.165, 1.54) is 0 Å². The number of amides is 1. The van der Waals surface area contributed by atoms with E-state index in [9.17, 15) is 4.79 Å². The number of carbonyl (C=O) groups excluding carboxylic acids is 1. The Hall–Kier alpha value is -2.01. The van der Waals surface area contributed by atoms with Crippen LogP contribution in [0.1, 0.15) is 48.6 Å². The molecule has 3 rings (SSSR count). The van der Waals surface area contributed by atoms with Crippen LogP contribution in [0.2, 0.25) is 0 Å². The first-order valence-electron chi connectivity index (χ1n) is 9.13. The third kappa shape index (κ3) is 4.64. The summed E-state index contributed by atoms with van der Waals surface area (Å²) in [7, 11) is 0. The molecule has 0 aromatic heterocycles. The highest BCUT2D eigenvalue weighted by Gasteiger charge is 2.34. The molecule has 5 heteroatoms. The molecule has 1 N–H and O–H groups in total. The maximum absolute atomic E-state index is 12.5. The minimum Gasteiger partial charge on any atom is -0.487 e. The molecule has 2 aromatic rings. The second kappa shape index (κ2) is 7.55. The molecule has 144 valence electrons. The van der Waals surface area contributed by atoms with Crippen LogP contribution >= 0.6 is 15.9 Å². The fourth-order valence-electron chi connectivity index (χ4n) is 3.46. The summed E-state index contributed by atoms with van der Waals surface area (Å²) in [5.74, 6) is 1.41. The summed E-state index contributed by atoms with van der Waals surface area (Å²) in [6.07, 6.45) is 0.714. The number of carbonyl (C=O) groups is 1. The molecular weight excluding hydrogens is 406 g/mol. The summed E-state index contributed by atoms with van der Waals surface area (Å²) in [5.41, 5.74) is 3.99. The molecule has 0 bridgehead atoms. The van der Waals surface area contributed by atoms with Gasteiger partial charge in [0, 0.05) is 16.5 Å². The predicted molar refractivity (Wildman–Crippen MR) is 110 cm³/mol. The third-order valence-corrected chi connectivity index (χ3v) is 5.99. The lowest BCUT2D eigenvalue weighted by Crippen LogP contribution is -2.42. The fourth-order valence-corrected chi connectivity index (χ4v) is 3.69. The molecule has 2 aromatic carbocycles. The largest absolute Gasteiger partial charge is 0.487 e. The second-order valence-corrected chi connectivity index (χ2v) is 8.68. The molecule has 1 amide bonds. The number of hydrogen-bond donors (Lipinski definition) is 1. The lowest BCUT2D eigenvalue weighted by atomic mass is 9.89. The van der Waals surface area contributed by atoms with Crippen molar-refractivity contribution < 1.29 is 14.3 Å². The molecule has 27 heavy (non-hydrogen) atoms. The zero-order valence-electron chi connectivity index (χ0n) is 16.5. The third-order valence-electron chi connectivity index (χ3n) is 4.74. The molecule has 1 atom stereocenters. The number of rotatable bonds is 4. The van der Waals surface area contributed by atoms with Crippen molar-refractivity contribution >= 4 is 21.8 Å². The monoisotopic (exact) mass is 431 g/mol. The summed E-state index contributed by atoms with van der Waals surface area (Å²) in [5, 5.41) is 3.11. The Morgan fingerprint density at radius 2 is 1.89 bits per heavy atom. The number of benzene rings is 2. The SMILES string of the molecule is Cc1ccc2c(c1)OC(C)(C)C[C@@H]2NC(=O)COc1cc(C)c(Br)c(C)c1. The van der Waals surface area contributed by atoms with Crippen LogP contribution in [-0.4, -0.2) is 18.1 Å². The van der Waals surface area contributed by atoms with Crippen LogP contribution in [0, 0.1) is 20.8 Å². The van der Waals surface area contributed by atoms with E-state index >= 15 is 0 Å². The van der Waals surface area contributed by atoms with Crippen LogP contribution in [0.15, 0.2) is 34.8 Å². The zero-order chi connectivity index (χ0) is 19.8. The van der Waals surface area contributed by atoms with Gasteiger partial charge in [0.25, 0.3) is 5.91 Å². The van der Waals surface area contributed by atoms with E-state index in [-0.39, 0.29) is 24.2 Å². The summed E-state index contributed by atoms with van der Waals surface area (Å²) in [6.45, 7) is 10.1. The number of hydrogen-bond acceptors (Lipinski definition) is 3. The molecule has 4 nitrogen and oxygen atoms in total. The smallest absolute Gasteiger partial charge is 0.258 e. The molecule has 0 saturated heterocycles. The molecular formula is C22H26BrNO3. The van der Waals surface area contributed by atoms with Crippen molar-refractivity contribution in [3.8, 4) is 11.5 Å². The van der Waals surface area contributed by atoms with Crippen molar-refractivity contribution in [2.24, 2.45) is 0 Å². The molecule has 0 saturated carbocycles. The molecule has 0 spiro atoms. The Labute approximate surface area is 169 Å². The summed E-state index contributed by atoms with van der Waals surface area (Å²) in [4.78, 5) is 12.5. The van der Waals surface area contributed by atoms with E-state index in [1.807, 2.05) is 65.0 Å². The average Bonchev–Trinajstić information content (AvgIpc) is 2.56. The molecule has 0 radical (unpaired) electrons. The van der Waals surface area contributed by atoms with Gasteiger partial charge in [-0.15, -0.1) is 0 Å². The van der Waals surface area contributed by atoms with Gasteiger partial charge >= 0.3 is 0 Å². The second-order valence-electron chi connectivity index (χ2n) is 7.89. The Bertz CT molecular complexity index is 853. The van der Waals surface area contributed by atoms with Crippen LogP contribution in [0.25, 0.3) is 0 Å². The van der Waals surface area contributed by atoms with Gasteiger partial charge in [-0.25, -0.2) is 0 Å². The number of fused-ring (bicyclic) bond motifs is 1. The number of halogens is 1. The quantitative estimate of drug-likeness (QED) is 0.725.